The third-order valence-corrected chi connectivity index (χ3v) is 18.6. The second-order valence-corrected chi connectivity index (χ2v) is 29.5. The molecule has 3 N–H and O–H groups in total. The van der Waals surface area contributed by atoms with Crippen LogP contribution in [0.2, 0.25) is 0 Å². The molecule has 0 bridgehead atoms. The maximum atomic E-state index is 13.1. The maximum absolute atomic E-state index is 13.1. The third kappa shape index (κ3) is 74.0. The highest BCUT2D eigenvalue weighted by Gasteiger charge is 2.30. The van der Waals surface area contributed by atoms with Crippen LogP contribution in [0.15, 0.2) is 109 Å². The van der Waals surface area contributed by atoms with Gasteiger partial charge in [-0.3, -0.25) is 37.3 Å². The third-order valence-electron chi connectivity index (χ3n) is 16.7. The van der Waals surface area contributed by atoms with E-state index < -0.39 is 97.5 Å². The summed E-state index contributed by atoms with van der Waals surface area (Å²) in [4.78, 5) is 73.0. The smallest absolute Gasteiger partial charge is 0.462 e. The lowest BCUT2D eigenvalue weighted by atomic mass is 10.1. The highest BCUT2D eigenvalue weighted by atomic mass is 31.2. The van der Waals surface area contributed by atoms with Gasteiger partial charge >= 0.3 is 39.5 Å². The minimum absolute atomic E-state index is 0.0661. The van der Waals surface area contributed by atoms with E-state index in [1.54, 1.807) is 0 Å². The van der Waals surface area contributed by atoms with E-state index in [-0.39, 0.29) is 25.7 Å². The van der Waals surface area contributed by atoms with Gasteiger partial charge in [-0.05, 0) is 154 Å². The van der Waals surface area contributed by atoms with Crippen LogP contribution >= 0.6 is 15.6 Å². The highest BCUT2D eigenvalue weighted by Crippen LogP contribution is 2.45. The van der Waals surface area contributed by atoms with E-state index in [0.29, 0.717) is 32.1 Å². The van der Waals surface area contributed by atoms with Crippen LogP contribution in [-0.2, 0) is 65.4 Å². The van der Waals surface area contributed by atoms with Crippen molar-refractivity contribution in [2.75, 3.05) is 39.6 Å². The first-order valence-corrected chi connectivity index (χ1v) is 43.1. The molecule has 588 valence electrons. The Labute approximate surface area is 619 Å². The van der Waals surface area contributed by atoms with Crippen molar-refractivity contribution in [3.63, 3.8) is 0 Å². The van der Waals surface area contributed by atoms with Gasteiger partial charge in [-0.15, -0.1) is 0 Å². The molecule has 0 aliphatic heterocycles. The molecular formula is C83H144O17P2. The van der Waals surface area contributed by atoms with E-state index in [9.17, 15) is 43.2 Å². The van der Waals surface area contributed by atoms with Crippen molar-refractivity contribution >= 4 is 39.5 Å². The van der Waals surface area contributed by atoms with Gasteiger partial charge in [-0.25, -0.2) is 9.13 Å². The van der Waals surface area contributed by atoms with Crippen LogP contribution in [0.25, 0.3) is 0 Å². The van der Waals surface area contributed by atoms with E-state index >= 15 is 0 Å². The molecule has 2 unspecified atom stereocenters. The number of carbonyl (C=O) groups is 4. The number of carbonyl (C=O) groups excluding carboxylic acids is 4. The first-order chi connectivity index (χ1) is 49.7. The lowest BCUT2D eigenvalue weighted by Gasteiger charge is -2.21. The standard InChI is InChI=1S/C83H144O17P2/c1-5-9-13-17-21-25-29-33-37-38-42-44-48-52-56-60-64-68-81(86)94-74-79(100-83(88)70-66-62-58-54-50-46-41-36-32-28-24-20-16-12-8-4)76-98-102(91,92)96-72-77(84)71-95-101(89,90)97-75-78(99-82(87)69-65-61-57-53-49-45-40-35-31-27-23-19-15-11-7-3)73-93-80(85)67-63-59-55-51-47-43-39-34-30-26-22-18-14-10-6-2/h21,23-28,30,33,35-37,40-42,44,52,56,77-79,84H,5-20,22,29,31-32,34,38-39,43,45-51,53-55,57-76H2,1-4H3,(H,89,90)(H,91,92)/b25-21-,27-23-,28-24-,30-26-,37-33-,40-35-,41-36-,44-42-,56-52-/t77-,78+,79+/m0/s1. The molecule has 0 aliphatic rings. The molecule has 5 atom stereocenters. The molecule has 0 radical (unpaired) electrons. The quantitative estimate of drug-likeness (QED) is 0.0169. The normalized spacial score (nSPS) is 14.5. The average Bonchev–Trinajstić information content (AvgIpc) is 0.923. The topological polar surface area (TPSA) is 237 Å². The average molecular weight is 1480 g/mol. The van der Waals surface area contributed by atoms with Crippen LogP contribution in [0, 0.1) is 0 Å². The zero-order valence-electron chi connectivity index (χ0n) is 64.3. The molecule has 0 saturated carbocycles. The van der Waals surface area contributed by atoms with Gasteiger partial charge in [-0.2, -0.15) is 0 Å². The fraction of sp³-hybridized carbons (Fsp3) is 0.735. The highest BCUT2D eigenvalue weighted by molar-refractivity contribution is 7.47. The lowest BCUT2D eigenvalue weighted by Crippen LogP contribution is -2.30. The first-order valence-electron chi connectivity index (χ1n) is 40.1. The zero-order valence-corrected chi connectivity index (χ0v) is 66.0. The Morgan fingerprint density at radius 2 is 0.490 bits per heavy atom. The Hall–Kier alpha value is -4.28. The van der Waals surface area contributed by atoms with Crippen molar-refractivity contribution in [1.82, 2.24) is 0 Å². The van der Waals surface area contributed by atoms with Gasteiger partial charge in [0, 0.05) is 25.7 Å². The number of ether oxygens (including phenoxy) is 4. The molecule has 0 aromatic carbocycles. The number of aliphatic hydroxyl groups excluding tert-OH is 1. The monoisotopic (exact) mass is 1470 g/mol. The largest absolute Gasteiger partial charge is 0.472 e. The summed E-state index contributed by atoms with van der Waals surface area (Å²) in [5, 5.41) is 10.6. The molecule has 0 rings (SSSR count). The van der Waals surface area contributed by atoms with E-state index in [1.165, 1.54) is 96.3 Å². The van der Waals surface area contributed by atoms with Crippen molar-refractivity contribution < 1.29 is 80.2 Å². The van der Waals surface area contributed by atoms with Crippen LogP contribution < -0.4 is 0 Å². The molecule has 102 heavy (non-hydrogen) atoms. The molecule has 0 heterocycles. The Morgan fingerprint density at radius 1 is 0.275 bits per heavy atom. The molecule has 17 nitrogen and oxygen atoms in total. The molecule has 0 fully saturated rings. The first kappa shape index (κ1) is 97.7. The summed E-state index contributed by atoms with van der Waals surface area (Å²) >= 11 is 0. The maximum Gasteiger partial charge on any atom is 0.472 e. The van der Waals surface area contributed by atoms with Gasteiger partial charge in [0.15, 0.2) is 12.2 Å². The van der Waals surface area contributed by atoms with Crippen molar-refractivity contribution in [2.45, 2.75) is 354 Å². The van der Waals surface area contributed by atoms with Crippen molar-refractivity contribution in [1.29, 1.82) is 0 Å². The molecule has 0 aliphatic carbocycles. The van der Waals surface area contributed by atoms with E-state index in [1.807, 2.05) is 12.2 Å². The predicted molar refractivity (Wildman–Crippen MR) is 418 cm³/mol. The number of unbranched alkanes of at least 4 members (excludes halogenated alkanes) is 31. The summed E-state index contributed by atoms with van der Waals surface area (Å²) in [5.74, 6) is -2.26. The summed E-state index contributed by atoms with van der Waals surface area (Å²) < 4.78 is 68.5. The van der Waals surface area contributed by atoms with Crippen LogP contribution in [0.3, 0.4) is 0 Å². The minimum atomic E-state index is -4.99. The van der Waals surface area contributed by atoms with Crippen LogP contribution in [0.4, 0.5) is 0 Å². The summed E-state index contributed by atoms with van der Waals surface area (Å²) in [6.45, 7) is 4.71. The Balaban J connectivity index is 5.43. The molecule has 0 spiro atoms. The van der Waals surface area contributed by atoms with Gasteiger partial charge in [0.05, 0.1) is 26.4 Å². The van der Waals surface area contributed by atoms with Crippen molar-refractivity contribution in [2.24, 2.45) is 0 Å². The number of esters is 4. The van der Waals surface area contributed by atoms with Gasteiger partial charge in [-0.1, -0.05) is 265 Å². The molecular weight excluding hydrogens is 1330 g/mol. The van der Waals surface area contributed by atoms with E-state index in [0.717, 1.165) is 154 Å². The number of phosphoric acid groups is 2. The number of allylic oxidation sites excluding steroid dienone is 18. The van der Waals surface area contributed by atoms with Gasteiger partial charge in [0.1, 0.15) is 19.3 Å². The second kappa shape index (κ2) is 75.0. The molecule has 0 aromatic heterocycles. The van der Waals surface area contributed by atoms with Gasteiger partial charge in [0.25, 0.3) is 0 Å². The summed E-state index contributed by atoms with van der Waals surface area (Å²) in [6, 6.07) is 0. The molecule has 0 saturated heterocycles. The summed E-state index contributed by atoms with van der Waals surface area (Å²) in [5.41, 5.74) is 0. The number of aliphatic hydroxyl groups is 1. The van der Waals surface area contributed by atoms with E-state index in [4.69, 9.17) is 37.0 Å². The number of phosphoric ester groups is 2. The fourth-order valence-corrected chi connectivity index (χ4v) is 12.1. The summed E-state index contributed by atoms with van der Waals surface area (Å²) in [7, 11) is -9.98. The molecule has 0 amide bonds. The minimum Gasteiger partial charge on any atom is -0.462 e. The van der Waals surface area contributed by atoms with E-state index in [2.05, 4.69) is 125 Å². The van der Waals surface area contributed by atoms with Crippen LogP contribution in [0.5, 0.6) is 0 Å². The van der Waals surface area contributed by atoms with Crippen molar-refractivity contribution in [3.05, 3.63) is 109 Å². The number of hydrogen-bond acceptors (Lipinski definition) is 15. The number of hydrogen-bond donors (Lipinski definition) is 3. The fourth-order valence-electron chi connectivity index (χ4n) is 10.5. The predicted octanol–water partition coefficient (Wildman–Crippen LogP) is 23.3. The van der Waals surface area contributed by atoms with Gasteiger partial charge < -0.3 is 33.8 Å². The Morgan fingerprint density at radius 3 is 0.804 bits per heavy atom. The molecule has 0 aromatic rings. The lowest BCUT2D eigenvalue weighted by molar-refractivity contribution is -0.161. The number of rotatable bonds is 75. The summed E-state index contributed by atoms with van der Waals surface area (Å²) in [6.07, 6.45) is 80.6. The SMILES string of the molecule is CCCCC/C=C\C/C=C\C/C=C\C/C=C\CCCC(=O)OC[C@H](COP(=O)(O)OC[C@@H](O)COP(=O)(O)OC[C@@H](COC(=O)CCCCCCCCC/C=C\CCCCCC)OC(=O)CCCCCCC/C=C\C/C=C\CCCCC)OC(=O)CCCCCCC/C=C\C/C=C\CCCCC. The molecule has 19 heteroatoms. The van der Waals surface area contributed by atoms with Crippen LogP contribution in [0.1, 0.15) is 336 Å². The zero-order chi connectivity index (χ0) is 74.6. The second-order valence-electron chi connectivity index (χ2n) is 26.6. The van der Waals surface area contributed by atoms with Gasteiger partial charge in [0.2, 0.25) is 0 Å². The Kier molecular flexibility index (Phi) is 71.8. The Bertz CT molecular complexity index is 2360. The van der Waals surface area contributed by atoms with Crippen molar-refractivity contribution in [3.8, 4) is 0 Å². The van der Waals surface area contributed by atoms with Crippen LogP contribution in [-0.4, -0.2) is 96.7 Å².